The number of fused-ring (bicyclic) bond motifs is 1. The Morgan fingerprint density at radius 2 is 1.94 bits per heavy atom. The standard InChI is InChI=1S/C23H25Cl2FN4O2/c1-15(23(31)27-6-7-29-8-10-32-11-9-29)30-21-14-18(25)17(24)13-20(21)28-22(30)12-16-4-2-3-5-19(16)26/h2-5,13-15H,6-12H2,1H3,(H,27,31). The van der Waals surface area contributed by atoms with Crippen molar-refractivity contribution in [3.63, 3.8) is 0 Å². The van der Waals surface area contributed by atoms with Gasteiger partial charge in [0.15, 0.2) is 0 Å². The van der Waals surface area contributed by atoms with Crippen LogP contribution in [0.1, 0.15) is 24.4 Å². The summed E-state index contributed by atoms with van der Waals surface area (Å²) in [5.74, 6) is 0.113. The molecular weight excluding hydrogens is 454 g/mol. The summed E-state index contributed by atoms with van der Waals surface area (Å²) < 4.78 is 21.5. The molecule has 3 aromatic rings. The Kier molecular flexibility index (Phi) is 7.30. The summed E-state index contributed by atoms with van der Waals surface area (Å²) in [6.45, 7) is 6.26. The van der Waals surface area contributed by atoms with E-state index in [1.54, 1.807) is 37.3 Å². The molecule has 1 amide bonds. The molecule has 1 unspecified atom stereocenters. The molecular formula is C23H25Cl2FN4O2. The van der Waals surface area contributed by atoms with Gasteiger partial charge in [-0.2, -0.15) is 0 Å². The maximum atomic E-state index is 14.3. The zero-order valence-electron chi connectivity index (χ0n) is 17.8. The summed E-state index contributed by atoms with van der Waals surface area (Å²) >= 11 is 12.4. The van der Waals surface area contributed by atoms with Gasteiger partial charge in [-0.25, -0.2) is 9.37 Å². The molecule has 1 N–H and O–H groups in total. The number of carbonyl (C=O) groups excluding carboxylic acids is 1. The van der Waals surface area contributed by atoms with Crippen molar-refractivity contribution >= 4 is 40.1 Å². The molecule has 2 aromatic carbocycles. The lowest BCUT2D eigenvalue weighted by Gasteiger charge is -2.26. The van der Waals surface area contributed by atoms with Gasteiger partial charge in [0.1, 0.15) is 17.7 Å². The first kappa shape index (κ1) is 23.0. The first-order valence-corrected chi connectivity index (χ1v) is 11.4. The second-order valence-electron chi connectivity index (χ2n) is 7.84. The molecule has 6 nitrogen and oxygen atoms in total. The molecule has 4 rings (SSSR count). The molecule has 0 aliphatic carbocycles. The van der Waals surface area contributed by atoms with Gasteiger partial charge in [-0.1, -0.05) is 41.4 Å². The van der Waals surface area contributed by atoms with Gasteiger partial charge < -0.3 is 14.6 Å². The first-order valence-electron chi connectivity index (χ1n) is 10.6. The van der Waals surface area contributed by atoms with Gasteiger partial charge in [0.05, 0.1) is 34.3 Å². The Hall–Kier alpha value is -2.19. The topological polar surface area (TPSA) is 59.4 Å². The van der Waals surface area contributed by atoms with Crippen LogP contribution in [0.15, 0.2) is 36.4 Å². The van der Waals surface area contributed by atoms with Gasteiger partial charge in [0.2, 0.25) is 5.91 Å². The van der Waals surface area contributed by atoms with Gasteiger partial charge >= 0.3 is 0 Å². The van der Waals surface area contributed by atoms with Crippen LogP contribution in [0, 0.1) is 5.82 Å². The van der Waals surface area contributed by atoms with E-state index in [1.807, 2.05) is 4.57 Å². The highest BCUT2D eigenvalue weighted by atomic mass is 35.5. The predicted octanol–water partition coefficient (Wildman–Crippen LogP) is 4.08. The number of imidazole rings is 1. The van der Waals surface area contributed by atoms with Crippen LogP contribution in [0.25, 0.3) is 11.0 Å². The second-order valence-corrected chi connectivity index (χ2v) is 8.66. The number of ether oxygens (including phenoxy) is 1. The number of hydrogen-bond acceptors (Lipinski definition) is 4. The van der Waals surface area contributed by atoms with Crippen LogP contribution in [0.2, 0.25) is 10.0 Å². The molecule has 0 bridgehead atoms. The molecule has 2 heterocycles. The van der Waals surface area contributed by atoms with Gasteiger partial charge in [-0.15, -0.1) is 0 Å². The molecule has 170 valence electrons. The van der Waals surface area contributed by atoms with Gasteiger partial charge in [-0.3, -0.25) is 9.69 Å². The number of nitrogens with zero attached hydrogens (tertiary/aromatic N) is 3. The Morgan fingerprint density at radius 3 is 2.69 bits per heavy atom. The van der Waals surface area contributed by atoms with E-state index >= 15 is 0 Å². The summed E-state index contributed by atoms with van der Waals surface area (Å²) in [7, 11) is 0. The third-order valence-corrected chi connectivity index (χ3v) is 6.43. The van der Waals surface area contributed by atoms with E-state index < -0.39 is 6.04 Å². The van der Waals surface area contributed by atoms with Crippen molar-refractivity contribution in [2.24, 2.45) is 0 Å². The lowest BCUT2D eigenvalue weighted by Crippen LogP contribution is -2.42. The van der Waals surface area contributed by atoms with Crippen LogP contribution in [0.3, 0.4) is 0 Å². The van der Waals surface area contributed by atoms with Crippen molar-refractivity contribution in [1.82, 2.24) is 19.8 Å². The fourth-order valence-electron chi connectivity index (χ4n) is 3.94. The summed E-state index contributed by atoms with van der Waals surface area (Å²) in [6, 6.07) is 9.36. The molecule has 1 atom stereocenters. The number of benzene rings is 2. The van der Waals surface area contributed by atoms with Crippen molar-refractivity contribution in [1.29, 1.82) is 0 Å². The molecule has 1 aliphatic rings. The third-order valence-electron chi connectivity index (χ3n) is 5.71. The SMILES string of the molecule is CC(C(=O)NCCN1CCOCC1)n1c(Cc2ccccc2F)nc2cc(Cl)c(Cl)cc21. The molecule has 1 saturated heterocycles. The number of aromatic nitrogens is 2. The van der Waals surface area contributed by atoms with Crippen molar-refractivity contribution in [2.75, 3.05) is 39.4 Å². The molecule has 0 radical (unpaired) electrons. The van der Waals surface area contributed by atoms with E-state index in [0.717, 1.165) is 19.6 Å². The van der Waals surface area contributed by atoms with E-state index in [0.29, 0.717) is 52.2 Å². The zero-order valence-corrected chi connectivity index (χ0v) is 19.3. The highest BCUT2D eigenvalue weighted by Gasteiger charge is 2.23. The maximum absolute atomic E-state index is 14.3. The smallest absolute Gasteiger partial charge is 0.242 e. The Bertz CT molecular complexity index is 1110. The molecule has 32 heavy (non-hydrogen) atoms. The Morgan fingerprint density at radius 1 is 1.22 bits per heavy atom. The second kappa shape index (κ2) is 10.2. The highest BCUT2D eigenvalue weighted by Crippen LogP contribution is 2.31. The van der Waals surface area contributed by atoms with E-state index in [2.05, 4.69) is 15.2 Å². The summed E-state index contributed by atoms with van der Waals surface area (Å²) in [6.07, 6.45) is 0.238. The number of hydrogen-bond donors (Lipinski definition) is 1. The molecule has 9 heteroatoms. The fourth-order valence-corrected chi connectivity index (χ4v) is 4.25. The van der Waals surface area contributed by atoms with Crippen molar-refractivity contribution < 1.29 is 13.9 Å². The minimum Gasteiger partial charge on any atom is -0.379 e. The quantitative estimate of drug-likeness (QED) is 0.555. The number of halogens is 3. The Balaban J connectivity index is 1.59. The summed E-state index contributed by atoms with van der Waals surface area (Å²) in [5, 5.41) is 3.76. The maximum Gasteiger partial charge on any atom is 0.242 e. The van der Waals surface area contributed by atoms with Gasteiger partial charge in [-0.05, 0) is 30.7 Å². The lowest BCUT2D eigenvalue weighted by molar-refractivity contribution is -0.123. The normalized spacial score (nSPS) is 15.8. The third kappa shape index (κ3) is 5.07. The van der Waals surface area contributed by atoms with Gasteiger partial charge in [0, 0.05) is 32.6 Å². The van der Waals surface area contributed by atoms with Crippen LogP contribution in [0.4, 0.5) is 4.39 Å². The van der Waals surface area contributed by atoms with E-state index in [-0.39, 0.29) is 18.1 Å². The number of carbonyl (C=O) groups is 1. The first-order chi connectivity index (χ1) is 15.4. The minimum atomic E-state index is -0.566. The Labute approximate surface area is 196 Å². The summed E-state index contributed by atoms with van der Waals surface area (Å²) in [4.78, 5) is 19.9. The van der Waals surface area contributed by atoms with Crippen LogP contribution in [-0.4, -0.2) is 59.8 Å². The van der Waals surface area contributed by atoms with E-state index in [1.165, 1.54) is 6.07 Å². The largest absolute Gasteiger partial charge is 0.379 e. The van der Waals surface area contributed by atoms with Crippen molar-refractivity contribution in [3.05, 3.63) is 63.6 Å². The van der Waals surface area contributed by atoms with E-state index in [9.17, 15) is 9.18 Å². The fraction of sp³-hybridized carbons (Fsp3) is 0.391. The molecule has 0 spiro atoms. The average Bonchev–Trinajstić information content (AvgIpc) is 3.12. The highest BCUT2D eigenvalue weighted by molar-refractivity contribution is 6.42. The monoisotopic (exact) mass is 478 g/mol. The van der Waals surface area contributed by atoms with E-state index in [4.69, 9.17) is 27.9 Å². The summed E-state index contributed by atoms with van der Waals surface area (Å²) in [5.41, 5.74) is 1.79. The van der Waals surface area contributed by atoms with Crippen LogP contribution >= 0.6 is 23.2 Å². The molecule has 0 saturated carbocycles. The number of nitrogens with one attached hydrogen (secondary N) is 1. The number of rotatable bonds is 7. The predicted molar refractivity (Wildman–Crippen MR) is 124 cm³/mol. The minimum absolute atomic E-state index is 0.140. The van der Waals surface area contributed by atoms with Crippen LogP contribution < -0.4 is 5.32 Å². The van der Waals surface area contributed by atoms with Crippen LogP contribution in [-0.2, 0) is 16.0 Å². The van der Waals surface area contributed by atoms with Gasteiger partial charge in [0.25, 0.3) is 0 Å². The van der Waals surface area contributed by atoms with Crippen molar-refractivity contribution in [3.8, 4) is 0 Å². The average molecular weight is 479 g/mol. The molecule has 1 aliphatic heterocycles. The number of morpholine rings is 1. The number of amides is 1. The lowest BCUT2D eigenvalue weighted by atomic mass is 10.1. The van der Waals surface area contributed by atoms with Crippen molar-refractivity contribution in [2.45, 2.75) is 19.4 Å². The van der Waals surface area contributed by atoms with Crippen LogP contribution in [0.5, 0.6) is 0 Å². The molecule has 1 aromatic heterocycles. The zero-order chi connectivity index (χ0) is 22.7. The molecule has 1 fully saturated rings.